The Morgan fingerprint density at radius 2 is 1.97 bits per heavy atom. The van der Waals surface area contributed by atoms with Crippen molar-refractivity contribution in [2.24, 2.45) is 5.92 Å². The van der Waals surface area contributed by atoms with Crippen molar-refractivity contribution in [2.75, 3.05) is 42.9 Å². The van der Waals surface area contributed by atoms with Crippen molar-refractivity contribution in [3.8, 4) is 0 Å². The normalized spacial score (nSPS) is 16.1. The number of rotatable bonds is 8. The summed E-state index contributed by atoms with van der Waals surface area (Å²) in [4.78, 5) is 48.5. The van der Waals surface area contributed by atoms with E-state index in [9.17, 15) is 14.4 Å². The van der Waals surface area contributed by atoms with Crippen LogP contribution in [0, 0.1) is 5.92 Å². The lowest BCUT2D eigenvalue weighted by Crippen LogP contribution is -2.42. The zero-order valence-corrected chi connectivity index (χ0v) is 21.8. The summed E-state index contributed by atoms with van der Waals surface area (Å²) in [6.45, 7) is 7.45. The summed E-state index contributed by atoms with van der Waals surface area (Å²) in [6.07, 6.45) is 6.34. The molecule has 2 aliphatic rings. The lowest BCUT2D eigenvalue weighted by Gasteiger charge is -2.33. The molecule has 2 aromatic rings. The Hall–Kier alpha value is -2.97. The van der Waals surface area contributed by atoms with E-state index in [-0.39, 0.29) is 24.3 Å². The van der Waals surface area contributed by atoms with Crippen LogP contribution in [0.2, 0.25) is 5.02 Å². The van der Waals surface area contributed by atoms with E-state index in [1.807, 2.05) is 18.7 Å². The van der Waals surface area contributed by atoms with Crippen molar-refractivity contribution in [3.63, 3.8) is 0 Å². The Morgan fingerprint density at radius 3 is 2.69 bits per heavy atom. The van der Waals surface area contributed by atoms with E-state index in [0.717, 1.165) is 51.9 Å². The SMILES string of the molecule is CCC(=O)N(CC)CCCC1CCN(CC(=O)N2c3ccc(Cl)cc3C(=O)Nc3cccnc32)CC1. The molecule has 1 fully saturated rings. The summed E-state index contributed by atoms with van der Waals surface area (Å²) in [7, 11) is 0. The quantitative estimate of drug-likeness (QED) is 0.554. The highest BCUT2D eigenvalue weighted by molar-refractivity contribution is 6.31. The van der Waals surface area contributed by atoms with Gasteiger partial charge in [0.25, 0.3) is 5.91 Å². The van der Waals surface area contributed by atoms with Crippen LogP contribution in [-0.4, -0.2) is 65.2 Å². The van der Waals surface area contributed by atoms with Gasteiger partial charge in [-0.2, -0.15) is 0 Å². The molecule has 0 radical (unpaired) electrons. The summed E-state index contributed by atoms with van der Waals surface area (Å²) in [5.41, 5.74) is 1.32. The molecule has 4 rings (SSSR count). The summed E-state index contributed by atoms with van der Waals surface area (Å²) in [5, 5.41) is 3.28. The number of hydrogen-bond acceptors (Lipinski definition) is 5. The van der Waals surface area contributed by atoms with Gasteiger partial charge in [-0.3, -0.25) is 24.2 Å². The number of hydrogen-bond donors (Lipinski definition) is 1. The number of nitrogens with one attached hydrogen (secondary N) is 1. The van der Waals surface area contributed by atoms with Crippen LogP contribution in [0.3, 0.4) is 0 Å². The lowest BCUT2D eigenvalue weighted by molar-refractivity contribution is -0.130. The van der Waals surface area contributed by atoms with Gasteiger partial charge < -0.3 is 10.2 Å². The molecular weight excluding hydrogens is 478 g/mol. The zero-order chi connectivity index (χ0) is 25.7. The van der Waals surface area contributed by atoms with Crippen LogP contribution < -0.4 is 10.2 Å². The van der Waals surface area contributed by atoms with Crippen molar-refractivity contribution < 1.29 is 14.4 Å². The molecule has 0 aliphatic carbocycles. The fourth-order valence-electron chi connectivity index (χ4n) is 5.06. The largest absolute Gasteiger partial charge is 0.343 e. The van der Waals surface area contributed by atoms with Gasteiger partial charge in [0.05, 0.1) is 23.5 Å². The van der Waals surface area contributed by atoms with Crippen molar-refractivity contribution in [1.82, 2.24) is 14.8 Å². The Kier molecular flexibility index (Phi) is 8.59. The molecule has 0 spiro atoms. The Balaban J connectivity index is 1.39. The number of amides is 3. The smallest absolute Gasteiger partial charge is 0.257 e. The van der Waals surface area contributed by atoms with E-state index in [4.69, 9.17) is 11.6 Å². The van der Waals surface area contributed by atoms with Gasteiger partial charge in [0.2, 0.25) is 11.8 Å². The van der Waals surface area contributed by atoms with E-state index in [2.05, 4.69) is 15.2 Å². The van der Waals surface area contributed by atoms with Crippen molar-refractivity contribution >= 4 is 46.5 Å². The average molecular weight is 512 g/mol. The molecule has 1 saturated heterocycles. The highest BCUT2D eigenvalue weighted by Gasteiger charge is 2.32. The van der Waals surface area contributed by atoms with E-state index in [1.54, 1.807) is 36.5 Å². The third-order valence-corrected chi connectivity index (χ3v) is 7.32. The molecule has 9 heteroatoms. The maximum absolute atomic E-state index is 13.6. The molecule has 1 aromatic carbocycles. The maximum Gasteiger partial charge on any atom is 0.257 e. The first-order valence-electron chi connectivity index (χ1n) is 12.8. The molecule has 0 bridgehead atoms. The number of pyridine rings is 1. The first-order chi connectivity index (χ1) is 17.4. The minimum Gasteiger partial charge on any atom is -0.343 e. The number of halogens is 1. The molecule has 3 amide bonds. The monoisotopic (exact) mass is 511 g/mol. The third-order valence-electron chi connectivity index (χ3n) is 7.08. The van der Waals surface area contributed by atoms with Gasteiger partial charge in [0.1, 0.15) is 0 Å². The summed E-state index contributed by atoms with van der Waals surface area (Å²) < 4.78 is 0. The number of piperidine rings is 1. The number of benzene rings is 1. The minimum atomic E-state index is -0.319. The summed E-state index contributed by atoms with van der Waals surface area (Å²) >= 11 is 6.16. The standard InChI is InChI=1S/C27H34ClN5O3/c1-3-24(34)32(4-2)14-6-7-19-11-15-31(16-12-19)18-25(35)33-23-10-9-20(28)17-21(23)27(36)30-22-8-5-13-29-26(22)33/h5,8-10,13,17,19H,3-4,6-7,11-12,14-16,18H2,1-2H3,(H,30,36). The number of aromatic nitrogens is 1. The van der Waals surface area contributed by atoms with Crippen LogP contribution in [0.25, 0.3) is 0 Å². The van der Waals surface area contributed by atoms with E-state index in [0.29, 0.717) is 40.1 Å². The molecule has 0 atom stereocenters. The second-order valence-corrected chi connectivity index (χ2v) is 9.84. The van der Waals surface area contributed by atoms with Crippen LogP contribution in [-0.2, 0) is 9.59 Å². The van der Waals surface area contributed by atoms with Crippen LogP contribution in [0.5, 0.6) is 0 Å². The summed E-state index contributed by atoms with van der Waals surface area (Å²) in [6, 6.07) is 8.44. The number of carbonyl (C=O) groups excluding carboxylic acids is 3. The molecule has 2 aliphatic heterocycles. The highest BCUT2D eigenvalue weighted by atomic mass is 35.5. The second kappa shape index (κ2) is 11.8. The molecular formula is C27H34ClN5O3. The van der Waals surface area contributed by atoms with E-state index in [1.165, 1.54) is 4.90 Å². The minimum absolute atomic E-state index is 0.134. The van der Waals surface area contributed by atoms with Crippen LogP contribution in [0.1, 0.15) is 56.3 Å². The number of likely N-dealkylation sites (tertiary alicyclic amines) is 1. The van der Waals surface area contributed by atoms with Gasteiger partial charge in [-0.1, -0.05) is 18.5 Å². The van der Waals surface area contributed by atoms with Gasteiger partial charge in [0, 0.05) is 30.7 Å². The predicted octanol–water partition coefficient (Wildman–Crippen LogP) is 4.72. The van der Waals surface area contributed by atoms with Gasteiger partial charge in [-0.15, -0.1) is 0 Å². The van der Waals surface area contributed by atoms with Crippen molar-refractivity contribution in [1.29, 1.82) is 0 Å². The first kappa shape index (κ1) is 26.1. The number of anilines is 3. The third kappa shape index (κ3) is 5.87. The number of nitrogens with zero attached hydrogens (tertiary/aromatic N) is 4. The highest BCUT2D eigenvalue weighted by Crippen LogP contribution is 2.37. The fourth-order valence-corrected chi connectivity index (χ4v) is 5.23. The molecule has 1 aromatic heterocycles. The second-order valence-electron chi connectivity index (χ2n) is 9.41. The maximum atomic E-state index is 13.6. The predicted molar refractivity (Wildman–Crippen MR) is 142 cm³/mol. The topological polar surface area (TPSA) is 85.9 Å². The first-order valence-corrected chi connectivity index (χ1v) is 13.2. The van der Waals surface area contributed by atoms with Crippen molar-refractivity contribution in [2.45, 2.75) is 46.0 Å². The number of carbonyl (C=O) groups is 3. The van der Waals surface area contributed by atoms with E-state index >= 15 is 0 Å². The Labute approximate surface area is 217 Å². The average Bonchev–Trinajstić information content (AvgIpc) is 3.00. The van der Waals surface area contributed by atoms with Crippen molar-refractivity contribution in [3.05, 3.63) is 47.1 Å². The molecule has 0 saturated carbocycles. The zero-order valence-electron chi connectivity index (χ0n) is 21.0. The lowest BCUT2D eigenvalue weighted by atomic mass is 9.92. The molecule has 1 N–H and O–H groups in total. The molecule has 36 heavy (non-hydrogen) atoms. The van der Waals surface area contributed by atoms with Gasteiger partial charge >= 0.3 is 0 Å². The summed E-state index contributed by atoms with van der Waals surface area (Å²) in [5.74, 6) is 0.785. The van der Waals surface area contributed by atoms with E-state index < -0.39 is 0 Å². The molecule has 3 heterocycles. The van der Waals surface area contributed by atoms with Gasteiger partial charge in [-0.05, 0) is 81.9 Å². The van der Waals surface area contributed by atoms with Crippen LogP contribution in [0.15, 0.2) is 36.5 Å². The fraction of sp³-hybridized carbons (Fsp3) is 0.481. The molecule has 8 nitrogen and oxygen atoms in total. The van der Waals surface area contributed by atoms with Crippen LogP contribution in [0.4, 0.5) is 17.2 Å². The molecule has 192 valence electrons. The van der Waals surface area contributed by atoms with Gasteiger partial charge in [0.15, 0.2) is 5.82 Å². The Bertz CT molecular complexity index is 1120. The Morgan fingerprint density at radius 1 is 1.19 bits per heavy atom. The van der Waals surface area contributed by atoms with Crippen LogP contribution >= 0.6 is 11.6 Å². The van der Waals surface area contributed by atoms with Gasteiger partial charge in [-0.25, -0.2) is 4.98 Å². The number of fused-ring (bicyclic) bond motifs is 2. The molecule has 0 unspecified atom stereocenters.